The third-order valence-electron chi connectivity index (χ3n) is 3.23. The SMILES string of the molecule is N[C@@H](Cc1ccc(O)cc1)C(=O)N1CC[CH]CC1. The quantitative estimate of drug-likeness (QED) is 0.840. The van der Waals surface area contributed by atoms with E-state index in [-0.39, 0.29) is 11.7 Å². The summed E-state index contributed by atoms with van der Waals surface area (Å²) >= 11 is 0. The van der Waals surface area contributed by atoms with E-state index in [0.717, 1.165) is 31.5 Å². The maximum atomic E-state index is 12.1. The second-order valence-electron chi connectivity index (χ2n) is 4.67. The van der Waals surface area contributed by atoms with E-state index in [1.807, 2.05) is 4.90 Å². The van der Waals surface area contributed by atoms with Gasteiger partial charge in [-0.15, -0.1) is 0 Å². The van der Waals surface area contributed by atoms with Crippen molar-refractivity contribution in [1.82, 2.24) is 4.90 Å². The average molecular weight is 247 g/mol. The highest BCUT2D eigenvalue weighted by molar-refractivity contribution is 5.82. The number of hydrogen-bond donors (Lipinski definition) is 2. The lowest BCUT2D eigenvalue weighted by Crippen LogP contribution is -2.46. The van der Waals surface area contributed by atoms with Gasteiger partial charge in [-0.2, -0.15) is 0 Å². The van der Waals surface area contributed by atoms with Gasteiger partial charge in [-0.1, -0.05) is 12.1 Å². The fraction of sp³-hybridized carbons (Fsp3) is 0.429. The third-order valence-corrected chi connectivity index (χ3v) is 3.23. The van der Waals surface area contributed by atoms with Crippen LogP contribution in [-0.4, -0.2) is 35.0 Å². The number of nitrogens with two attached hydrogens (primary N) is 1. The predicted molar refractivity (Wildman–Crippen MR) is 69.9 cm³/mol. The molecule has 0 aromatic heterocycles. The maximum absolute atomic E-state index is 12.1. The van der Waals surface area contributed by atoms with E-state index < -0.39 is 6.04 Å². The van der Waals surface area contributed by atoms with Crippen molar-refractivity contribution >= 4 is 5.91 Å². The van der Waals surface area contributed by atoms with Crippen LogP contribution in [0, 0.1) is 6.42 Å². The molecule has 0 aliphatic carbocycles. The molecule has 4 heteroatoms. The average Bonchev–Trinajstić information content (AvgIpc) is 2.41. The number of phenols is 1. The van der Waals surface area contributed by atoms with Crippen molar-refractivity contribution < 1.29 is 9.90 Å². The lowest BCUT2D eigenvalue weighted by atomic mass is 10.0. The number of aromatic hydroxyl groups is 1. The van der Waals surface area contributed by atoms with Crippen LogP contribution in [0.5, 0.6) is 5.75 Å². The molecular formula is C14H19N2O2. The normalized spacial score (nSPS) is 17.5. The molecular weight excluding hydrogens is 228 g/mol. The van der Waals surface area contributed by atoms with Crippen LogP contribution in [-0.2, 0) is 11.2 Å². The van der Waals surface area contributed by atoms with Crippen molar-refractivity contribution in [3.05, 3.63) is 36.2 Å². The van der Waals surface area contributed by atoms with Gasteiger partial charge in [0.15, 0.2) is 0 Å². The highest BCUT2D eigenvalue weighted by Gasteiger charge is 2.22. The first-order chi connectivity index (χ1) is 8.66. The predicted octanol–water partition coefficient (Wildman–Crippen LogP) is 1.09. The van der Waals surface area contributed by atoms with Gasteiger partial charge in [0.05, 0.1) is 6.04 Å². The minimum absolute atomic E-state index is 0.0242. The van der Waals surface area contributed by atoms with Gasteiger partial charge in [0.25, 0.3) is 0 Å². The standard InChI is InChI=1S/C14H19N2O2/c15-13(10-11-4-6-12(17)7-5-11)14(18)16-8-2-1-3-9-16/h1,4-7,13,17H,2-3,8-10,15H2/t13-/m0/s1. The van der Waals surface area contributed by atoms with E-state index in [9.17, 15) is 9.90 Å². The topological polar surface area (TPSA) is 66.6 Å². The Labute approximate surface area is 107 Å². The van der Waals surface area contributed by atoms with E-state index >= 15 is 0 Å². The zero-order valence-corrected chi connectivity index (χ0v) is 10.4. The molecule has 2 rings (SSSR count). The number of rotatable bonds is 3. The van der Waals surface area contributed by atoms with Crippen LogP contribution in [0.4, 0.5) is 0 Å². The van der Waals surface area contributed by atoms with Crippen molar-refractivity contribution in [2.24, 2.45) is 5.73 Å². The van der Waals surface area contributed by atoms with E-state index in [4.69, 9.17) is 5.73 Å². The highest BCUT2D eigenvalue weighted by Crippen LogP contribution is 2.13. The zero-order valence-electron chi connectivity index (χ0n) is 10.4. The Morgan fingerprint density at radius 3 is 2.50 bits per heavy atom. The van der Waals surface area contributed by atoms with Crippen LogP contribution in [0.3, 0.4) is 0 Å². The highest BCUT2D eigenvalue weighted by atomic mass is 16.3. The van der Waals surface area contributed by atoms with Gasteiger partial charge >= 0.3 is 0 Å². The summed E-state index contributed by atoms with van der Waals surface area (Å²) in [5, 5.41) is 9.19. The number of nitrogens with zero attached hydrogens (tertiary/aromatic N) is 1. The Morgan fingerprint density at radius 1 is 1.28 bits per heavy atom. The maximum Gasteiger partial charge on any atom is 0.239 e. The number of amides is 1. The van der Waals surface area contributed by atoms with Crippen LogP contribution in [0.15, 0.2) is 24.3 Å². The molecule has 1 heterocycles. The van der Waals surface area contributed by atoms with Crippen LogP contribution < -0.4 is 5.73 Å². The summed E-state index contributed by atoms with van der Waals surface area (Å²) in [7, 11) is 0. The van der Waals surface area contributed by atoms with E-state index in [1.165, 1.54) is 0 Å². The van der Waals surface area contributed by atoms with E-state index in [0.29, 0.717) is 6.42 Å². The Bertz CT molecular complexity index is 397. The van der Waals surface area contributed by atoms with Crippen LogP contribution in [0.25, 0.3) is 0 Å². The minimum atomic E-state index is -0.493. The molecule has 1 amide bonds. The first-order valence-corrected chi connectivity index (χ1v) is 6.31. The van der Waals surface area contributed by atoms with Gasteiger partial charge in [-0.3, -0.25) is 4.79 Å². The molecule has 1 aromatic carbocycles. The lowest BCUT2D eigenvalue weighted by Gasteiger charge is -2.29. The molecule has 18 heavy (non-hydrogen) atoms. The zero-order chi connectivity index (χ0) is 13.0. The minimum Gasteiger partial charge on any atom is -0.508 e. The summed E-state index contributed by atoms with van der Waals surface area (Å²) in [5.74, 6) is 0.251. The fourth-order valence-corrected chi connectivity index (χ4v) is 2.18. The fourth-order valence-electron chi connectivity index (χ4n) is 2.18. The summed E-state index contributed by atoms with van der Waals surface area (Å²) in [6.07, 6.45) is 4.63. The van der Waals surface area contributed by atoms with Crippen molar-refractivity contribution in [3.63, 3.8) is 0 Å². The van der Waals surface area contributed by atoms with Crippen molar-refractivity contribution in [2.45, 2.75) is 25.3 Å². The second kappa shape index (κ2) is 5.87. The number of hydrogen-bond acceptors (Lipinski definition) is 3. The van der Waals surface area contributed by atoms with Gasteiger partial charge in [0.2, 0.25) is 5.91 Å². The summed E-state index contributed by atoms with van der Waals surface area (Å²) in [4.78, 5) is 13.9. The number of piperidine rings is 1. The molecule has 1 fully saturated rings. The number of carbonyl (C=O) groups is 1. The number of benzene rings is 1. The molecule has 0 unspecified atom stereocenters. The van der Waals surface area contributed by atoms with Gasteiger partial charge in [0, 0.05) is 13.1 Å². The summed E-state index contributed by atoms with van der Waals surface area (Å²) in [5.41, 5.74) is 6.92. The number of likely N-dealkylation sites (tertiary alicyclic amines) is 1. The molecule has 1 aromatic rings. The van der Waals surface area contributed by atoms with Crippen molar-refractivity contribution in [1.29, 1.82) is 0 Å². The Hall–Kier alpha value is -1.55. The molecule has 3 N–H and O–H groups in total. The Morgan fingerprint density at radius 2 is 1.89 bits per heavy atom. The molecule has 4 nitrogen and oxygen atoms in total. The van der Waals surface area contributed by atoms with Crippen LogP contribution in [0.2, 0.25) is 0 Å². The molecule has 1 radical (unpaired) electrons. The molecule has 1 saturated heterocycles. The van der Waals surface area contributed by atoms with E-state index in [2.05, 4.69) is 6.42 Å². The van der Waals surface area contributed by atoms with Crippen LogP contribution >= 0.6 is 0 Å². The molecule has 0 saturated carbocycles. The van der Waals surface area contributed by atoms with Crippen molar-refractivity contribution in [2.75, 3.05) is 13.1 Å². The summed E-state index contributed by atoms with van der Waals surface area (Å²) in [6, 6.07) is 6.33. The summed E-state index contributed by atoms with van der Waals surface area (Å²) in [6.45, 7) is 1.56. The molecule has 1 aliphatic heterocycles. The van der Waals surface area contributed by atoms with Gasteiger partial charge in [-0.25, -0.2) is 0 Å². The van der Waals surface area contributed by atoms with Crippen LogP contribution in [0.1, 0.15) is 18.4 Å². The second-order valence-corrected chi connectivity index (χ2v) is 4.67. The molecule has 1 aliphatic rings. The van der Waals surface area contributed by atoms with Crippen molar-refractivity contribution in [3.8, 4) is 5.75 Å². The Kier molecular flexibility index (Phi) is 4.20. The smallest absolute Gasteiger partial charge is 0.239 e. The largest absolute Gasteiger partial charge is 0.508 e. The lowest BCUT2D eigenvalue weighted by molar-refractivity contribution is -0.133. The molecule has 0 spiro atoms. The van der Waals surface area contributed by atoms with Gasteiger partial charge < -0.3 is 15.7 Å². The monoisotopic (exact) mass is 247 g/mol. The molecule has 1 atom stereocenters. The third kappa shape index (κ3) is 3.23. The molecule has 97 valence electrons. The molecule has 0 bridgehead atoms. The van der Waals surface area contributed by atoms with Gasteiger partial charge in [0.1, 0.15) is 5.75 Å². The summed E-state index contributed by atoms with van der Waals surface area (Å²) < 4.78 is 0. The van der Waals surface area contributed by atoms with E-state index in [1.54, 1.807) is 24.3 Å². The first-order valence-electron chi connectivity index (χ1n) is 6.31. The first kappa shape index (κ1) is 12.9. The Balaban J connectivity index is 1.92. The van der Waals surface area contributed by atoms with Gasteiger partial charge in [-0.05, 0) is 43.4 Å². The number of phenolic OH excluding ortho intramolecular Hbond substituents is 1. The number of carbonyl (C=O) groups excluding carboxylic acids is 1.